The van der Waals surface area contributed by atoms with Crippen LogP contribution < -0.4 is 15.2 Å². The number of rotatable bonds is 14. The van der Waals surface area contributed by atoms with Crippen LogP contribution >= 0.6 is 11.3 Å². The van der Waals surface area contributed by atoms with Gasteiger partial charge in [0.25, 0.3) is 0 Å². The van der Waals surface area contributed by atoms with E-state index < -0.39 is 12.0 Å². The van der Waals surface area contributed by atoms with Gasteiger partial charge in [0, 0.05) is 40.8 Å². The number of aliphatic carboxylic acids is 1. The van der Waals surface area contributed by atoms with Crippen molar-refractivity contribution in [1.29, 1.82) is 0 Å². The minimum atomic E-state index is -0.997. The first-order valence-electron chi connectivity index (χ1n) is 14.5. The Morgan fingerprint density at radius 1 is 0.837 bits per heavy atom. The molecule has 5 aromatic rings. The van der Waals surface area contributed by atoms with E-state index in [-0.39, 0.29) is 0 Å². The molecule has 0 unspecified atom stereocenters. The number of para-hydroxylation sites is 1. The lowest BCUT2D eigenvalue weighted by atomic mass is 10.1. The summed E-state index contributed by atoms with van der Waals surface area (Å²) in [6.45, 7) is 6.71. The van der Waals surface area contributed by atoms with Crippen LogP contribution in [0.25, 0.3) is 10.1 Å². The van der Waals surface area contributed by atoms with Gasteiger partial charge in [0.15, 0.2) is 0 Å². The minimum Gasteiger partial charge on any atom is -0.489 e. The Hall–Kier alpha value is -4.17. The summed E-state index contributed by atoms with van der Waals surface area (Å²) in [5, 5.41) is 12.6. The standard InChI is InChI=1S/C36H38N2O4S/c1-25-7-5-9-27(19-25)23-41-33-12-4-3-11-29(33)21-38(17-15-32(37)36(39)40)22-30-13-14-34-31(16-18-43-34)35(30)42-24-28-10-6-8-26(2)20-28/h3-14,16,18-20,32H,15,17,21-24,37H2,1-2H3,(H,39,40)/t32-/m0/s1. The largest absolute Gasteiger partial charge is 0.489 e. The molecule has 0 radical (unpaired) electrons. The third-order valence-corrected chi connectivity index (χ3v) is 8.33. The summed E-state index contributed by atoms with van der Waals surface area (Å²) < 4.78 is 14.0. The number of ether oxygens (including phenoxy) is 2. The Balaban J connectivity index is 1.40. The van der Waals surface area contributed by atoms with Gasteiger partial charge in [0.05, 0.1) is 0 Å². The molecule has 0 aliphatic heterocycles. The van der Waals surface area contributed by atoms with E-state index in [1.807, 2.05) is 30.3 Å². The Morgan fingerprint density at radius 3 is 2.21 bits per heavy atom. The fraction of sp³-hybridized carbons (Fsp3) is 0.250. The number of hydrogen-bond donors (Lipinski definition) is 2. The van der Waals surface area contributed by atoms with Gasteiger partial charge >= 0.3 is 5.97 Å². The van der Waals surface area contributed by atoms with Crippen molar-refractivity contribution < 1.29 is 19.4 Å². The highest BCUT2D eigenvalue weighted by Gasteiger charge is 2.19. The molecule has 7 heteroatoms. The number of hydrogen-bond acceptors (Lipinski definition) is 6. The smallest absolute Gasteiger partial charge is 0.320 e. The number of thiophene rings is 1. The van der Waals surface area contributed by atoms with Gasteiger partial charge in [-0.3, -0.25) is 9.69 Å². The number of carbonyl (C=O) groups is 1. The zero-order valence-electron chi connectivity index (χ0n) is 24.7. The normalized spacial score (nSPS) is 12.0. The molecule has 3 N–H and O–H groups in total. The van der Waals surface area contributed by atoms with E-state index in [1.165, 1.54) is 11.1 Å². The van der Waals surface area contributed by atoms with Gasteiger partial charge in [0.1, 0.15) is 30.8 Å². The van der Waals surface area contributed by atoms with Gasteiger partial charge in [0.2, 0.25) is 0 Å². The van der Waals surface area contributed by atoms with Crippen molar-refractivity contribution in [3.63, 3.8) is 0 Å². The summed E-state index contributed by atoms with van der Waals surface area (Å²) >= 11 is 1.69. The highest BCUT2D eigenvalue weighted by atomic mass is 32.1. The summed E-state index contributed by atoms with van der Waals surface area (Å²) in [6, 6.07) is 30.1. The summed E-state index contributed by atoms with van der Waals surface area (Å²) in [4.78, 5) is 13.8. The molecule has 0 spiro atoms. The van der Waals surface area contributed by atoms with Crippen LogP contribution in [0.4, 0.5) is 0 Å². The fourth-order valence-corrected chi connectivity index (χ4v) is 5.98. The number of nitrogens with zero attached hydrogens (tertiary/aromatic N) is 1. The SMILES string of the molecule is Cc1cccc(COc2ccccc2CN(CC[C@H](N)C(=O)O)Cc2ccc3sccc3c2OCc2cccc(C)c2)c1. The average Bonchev–Trinajstić information content (AvgIpc) is 3.48. The van der Waals surface area contributed by atoms with Crippen LogP contribution in [-0.4, -0.2) is 28.6 Å². The van der Waals surface area contributed by atoms with E-state index >= 15 is 0 Å². The summed E-state index contributed by atoms with van der Waals surface area (Å²) in [6.07, 6.45) is 0.321. The monoisotopic (exact) mass is 594 g/mol. The van der Waals surface area contributed by atoms with E-state index in [0.717, 1.165) is 43.8 Å². The van der Waals surface area contributed by atoms with Gasteiger partial charge in [-0.15, -0.1) is 11.3 Å². The topological polar surface area (TPSA) is 85.0 Å². The Labute approximate surface area is 257 Å². The van der Waals surface area contributed by atoms with Crippen molar-refractivity contribution in [1.82, 2.24) is 4.90 Å². The van der Waals surface area contributed by atoms with Crippen molar-refractivity contribution in [3.8, 4) is 11.5 Å². The summed E-state index contributed by atoms with van der Waals surface area (Å²) in [5.74, 6) is 0.668. The van der Waals surface area contributed by atoms with Crippen LogP contribution in [0.2, 0.25) is 0 Å². The van der Waals surface area contributed by atoms with Crippen LogP contribution in [0, 0.1) is 13.8 Å². The van der Waals surface area contributed by atoms with E-state index in [4.69, 9.17) is 15.2 Å². The molecular weight excluding hydrogens is 556 g/mol. The Morgan fingerprint density at radius 2 is 1.51 bits per heavy atom. The van der Waals surface area contributed by atoms with Crippen molar-refractivity contribution in [3.05, 3.63) is 130 Å². The molecule has 222 valence electrons. The molecule has 1 atom stereocenters. The molecular formula is C36H38N2O4S. The maximum Gasteiger partial charge on any atom is 0.320 e. The van der Waals surface area contributed by atoms with Crippen LogP contribution in [0.3, 0.4) is 0 Å². The van der Waals surface area contributed by atoms with Crippen molar-refractivity contribution in [2.75, 3.05) is 6.54 Å². The van der Waals surface area contributed by atoms with E-state index in [0.29, 0.717) is 39.3 Å². The fourth-order valence-electron chi connectivity index (χ4n) is 5.19. The number of nitrogens with two attached hydrogens (primary N) is 1. The van der Waals surface area contributed by atoms with E-state index in [9.17, 15) is 9.90 Å². The third-order valence-electron chi connectivity index (χ3n) is 7.44. The molecule has 6 nitrogen and oxygen atoms in total. The van der Waals surface area contributed by atoms with Crippen molar-refractivity contribution in [2.24, 2.45) is 5.73 Å². The molecule has 0 amide bonds. The summed E-state index contributed by atoms with van der Waals surface area (Å²) in [7, 11) is 0. The zero-order chi connectivity index (χ0) is 30.2. The predicted octanol–water partition coefficient (Wildman–Crippen LogP) is 7.48. The van der Waals surface area contributed by atoms with Gasteiger partial charge in [-0.2, -0.15) is 0 Å². The molecule has 0 saturated carbocycles. The van der Waals surface area contributed by atoms with Gasteiger partial charge in [-0.05, 0) is 55.0 Å². The number of aryl methyl sites for hydroxylation is 2. The van der Waals surface area contributed by atoms with E-state index in [1.54, 1.807) is 11.3 Å². The Bertz CT molecular complexity index is 1680. The highest BCUT2D eigenvalue weighted by Crippen LogP contribution is 2.35. The quantitative estimate of drug-likeness (QED) is 0.139. The van der Waals surface area contributed by atoms with Crippen LogP contribution in [0.5, 0.6) is 11.5 Å². The minimum absolute atomic E-state index is 0.321. The summed E-state index contributed by atoms with van der Waals surface area (Å²) in [5.41, 5.74) is 12.6. The van der Waals surface area contributed by atoms with Gasteiger partial charge in [-0.25, -0.2) is 0 Å². The van der Waals surface area contributed by atoms with Crippen LogP contribution in [-0.2, 0) is 31.1 Å². The molecule has 0 bridgehead atoms. The van der Waals surface area contributed by atoms with Crippen molar-refractivity contribution >= 4 is 27.4 Å². The zero-order valence-corrected chi connectivity index (χ0v) is 25.5. The molecule has 0 saturated heterocycles. The first-order chi connectivity index (χ1) is 20.9. The molecule has 5 rings (SSSR count). The molecule has 1 heterocycles. The second-order valence-corrected chi connectivity index (χ2v) is 11.9. The van der Waals surface area contributed by atoms with E-state index in [2.05, 4.69) is 84.8 Å². The number of carboxylic acid groups (broad SMARTS) is 1. The highest BCUT2D eigenvalue weighted by molar-refractivity contribution is 7.17. The molecule has 1 aromatic heterocycles. The first-order valence-corrected chi connectivity index (χ1v) is 15.4. The first kappa shape index (κ1) is 30.3. The van der Waals surface area contributed by atoms with Gasteiger partial charge in [-0.1, -0.05) is 83.9 Å². The molecule has 0 fully saturated rings. The lowest BCUT2D eigenvalue weighted by molar-refractivity contribution is -0.138. The van der Waals surface area contributed by atoms with Crippen LogP contribution in [0.1, 0.15) is 39.8 Å². The number of carboxylic acids is 1. The third kappa shape index (κ3) is 8.23. The number of benzene rings is 4. The average molecular weight is 595 g/mol. The predicted molar refractivity (Wildman–Crippen MR) is 174 cm³/mol. The maximum atomic E-state index is 11.6. The van der Waals surface area contributed by atoms with Gasteiger partial charge < -0.3 is 20.3 Å². The Kier molecular flexibility index (Phi) is 10.1. The second-order valence-electron chi connectivity index (χ2n) is 11.0. The molecule has 0 aliphatic carbocycles. The van der Waals surface area contributed by atoms with Crippen LogP contribution in [0.15, 0.2) is 96.4 Å². The number of fused-ring (bicyclic) bond motifs is 1. The molecule has 43 heavy (non-hydrogen) atoms. The lowest BCUT2D eigenvalue weighted by Crippen LogP contribution is -2.35. The lowest BCUT2D eigenvalue weighted by Gasteiger charge is -2.26. The molecule has 0 aliphatic rings. The molecule has 4 aromatic carbocycles. The second kappa shape index (κ2) is 14.3. The van der Waals surface area contributed by atoms with Crippen molar-refractivity contribution in [2.45, 2.75) is 52.6 Å². The maximum absolute atomic E-state index is 11.6.